The summed E-state index contributed by atoms with van der Waals surface area (Å²) in [4.78, 5) is 23.0. The van der Waals surface area contributed by atoms with Gasteiger partial charge in [0, 0.05) is 25.1 Å². The van der Waals surface area contributed by atoms with Crippen molar-refractivity contribution in [3.05, 3.63) is 35.4 Å². The number of carbonyl (C=O) groups is 2. The van der Waals surface area contributed by atoms with E-state index in [0.717, 1.165) is 12.0 Å². The lowest BCUT2D eigenvalue weighted by atomic mass is 10.1. The third-order valence-corrected chi connectivity index (χ3v) is 3.36. The molecule has 0 aliphatic heterocycles. The van der Waals surface area contributed by atoms with Crippen LogP contribution in [0.2, 0.25) is 0 Å². The molecule has 1 saturated carbocycles. The van der Waals surface area contributed by atoms with Crippen LogP contribution in [0, 0.1) is 11.8 Å². The second-order valence-electron chi connectivity index (χ2n) is 4.81. The first-order chi connectivity index (χ1) is 8.61. The Bertz CT molecular complexity index is 453. The summed E-state index contributed by atoms with van der Waals surface area (Å²) < 4.78 is 0. The predicted molar refractivity (Wildman–Crippen MR) is 68.9 cm³/mol. The van der Waals surface area contributed by atoms with Crippen LogP contribution < -0.4 is 10.6 Å². The molecular formula is C14H18N2O2. The standard InChI is InChI=1S/C14H18N2O2/c1-9-7-12(9)14(18)16-8-10-3-5-11(6-4-10)13(17)15-2/h3-6,9,12H,7-8H2,1-2H3,(H,15,17)(H,16,18). The lowest BCUT2D eigenvalue weighted by Gasteiger charge is -2.05. The van der Waals surface area contributed by atoms with Gasteiger partial charge in [-0.05, 0) is 30.0 Å². The summed E-state index contributed by atoms with van der Waals surface area (Å²) in [6.45, 7) is 2.61. The minimum Gasteiger partial charge on any atom is -0.355 e. The molecule has 2 atom stereocenters. The Balaban J connectivity index is 1.86. The first-order valence-electron chi connectivity index (χ1n) is 6.20. The van der Waals surface area contributed by atoms with Gasteiger partial charge in [0.1, 0.15) is 0 Å². The molecule has 1 fully saturated rings. The van der Waals surface area contributed by atoms with E-state index in [4.69, 9.17) is 0 Å². The fraction of sp³-hybridized carbons (Fsp3) is 0.429. The van der Waals surface area contributed by atoms with Gasteiger partial charge in [-0.3, -0.25) is 9.59 Å². The molecule has 0 radical (unpaired) electrons. The van der Waals surface area contributed by atoms with E-state index in [-0.39, 0.29) is 17.7 Å². The Morgan fingerprint density at radius 1 is 1.28 bits per heavy atom. The van der Waals surface area contributed by atoms with E-state index in [2.05, 4.69) is 17.6 Å². The van der Waals surface area contributed by atoms with Gasteiger partial charge in [-0.2, -0.15) is 0 Å². The third kappa shape index (κ3) is 2.88. The Hall–Kier alpha value is -1.84. The highest BCUT2D eigenvalue weighted by atomic mass is 16.2. The van der Waals surface area contributed by atoms with Gasteiger partial charge in [-0.25, -0.2) is 0 Å². The van der Waals surface area contributed by atoms with Crippen LogP contribution in [0.15, 0.2) is 24.3 Å². The van der Waals surface area contributed by atoms with E-state index in [1.807, 2.05) is 12.1 Å². The lowest BCUT2D eigenvalue weighted by molar-refractivity contribution is -0.122. The van der Waals surface area contributed by atoms with Crippen LogP contribution >= 0.6 is 0 Å². The molecule has 2 N–H and O–H groups in total. The number of amides is 2. The van der Waals surface area contributed by atoms with Crippen molar-refractivity contribution >= 4 is 11.8 Å². The molecule has 0 bridgehead atoms. The lowest BCUT2D eigenvalue weighted by Crippen LogP contribution is -2.25. The molecule has 4 heteroatoms. The van der Waals surface area contributed by atoms with Crippen LogP contribution in [-0.2, 0) is 11.3 Å². The average Bonchev–Trinajstić information content (AvgIpc) is 3.13. The molecule has 1 aliphatic rings. The fourth-order valence-corrected chi connectivity index (χ4v) is 1.93. The quantitative estimate of drug-likeness (QED) is 0.841. The minimum atomic E-state index is -0.0996. The van der Waals surface area contributed by atoms with E-state index in [1.54, 1.807) is 19.2 Å². The van der Waals surface area contributed by atoms with E-state index < -0.39 is 0 Å². The summed E-state index contributed by atoms with van der Waals surface area (Å²) in [6, 6.07) is 7.25. The number of carbonyl (C=O) groups excluding carboxylic acids is 2. The van der Waals surface area contributed by atoms with Crippen LogP contribution in [0.4, 0.5) is 0 Å². The number of hydrogen-bond donors (Lipinski definition) is 2. The smallest absolute Gasteiger partial charge is 0.251 e. The summed E-state index contributed by atoms with van der Waals surface area (Å²) >= 11 is 0. The molecule has 0 aromatic heterocycles. The number of hydrogen-bond acceptors (Lipinski definition) is 2. The van der Waals surface area contributed by atoms with Crippen LogP contribution in [-0.4, -0.2) is 18.9 Å². The van der Waals surface area contributed by atoms with Gasteiger partial charge < -0.3 is 10.6 Å². The topological polar surface area (TPSA) is 58.2 Å². The molecule has 1 aromatic rings. The zero-order valence-corrected chi connectivity index (χ0v) is 10.7. The van der Waals surface area contributed by atoms with Gasteiger partial charge in [0.05, 0.1) is 0 Å². The molecule has 0 spiro atoms. The Labute approximate surface area is 107 Å². The molecule has 2 rings (SSSR count). The van der Waals surface area contributed by atoms with Crippen LogP contribution in [0.25, 0.3) is 0 Å². The van der Waals surface area contributed by atoms with Crippen LogP contribution in [0.1, 0.15) is 29.3 Å². The molecule has 0 saturated heterocycles. The first-order valence-corrected chi connectivity index (χ1v) is 6.20. The van der Waals surface area contributed by atoms with E-state index in [9.17, 15) is 9.59 Å². The average molecular weight is 246 g/mol. The first kappa shape index (κ1) is 12.6. The monoisotopic (exact) mass is 246 g/mol. The summed E-state index contributed by atoms with van der Waals surface area (Å²) in [6.07, 6.45) is 1.00. The Kier molecular flexibility index (Phi) is 3.65. The SMILES string of the molecule is CNC(=O)c1ccc(CNC(=O)C2CC2C)cc1. The van der Waals surface area contributed by atoms with E-state index in [1.165, 1.54) is 0 Å². The maximum absolute atomic E-state index is 11.6. The van der Waals surface area contributed by atoms with Gasteiger partial charge in [0.25, 0.3) is 5.91 Å². The molecule has 2 amide bonds. The van der Waals surface area contributed by atoms with Gasteiger partial charge in [-0.1, -0.05) is 19.1 Å². The molecule has 1 aromatic carbocycles. The number of rotatable bonds is 4. The molecule has 1 aliphatic carbocycles. The predicted octanol–water partition coefficient (Wildman–Crippen LogP) is 1.32. The number of nitrogens with one attached hydrogen (secondary N) is 2. The highest BCUT2D eigenvalue weighted by molar-refractivity contribution is 5.93. The summed E-state index contributed by atoms with van der Waals surface area (Å²) in [5.74, 6) is 0.769. The van der Waals surface area contributed by atoms with Crippen molar-refractivity contribution in [3.63, 3.8) is 0 Å². The highest BCUT2D eigenvalue weighted by Gasteiger charge is 2.38. The van der Waals surface area contributed by atoms with Crippen LogP contribution in [0.3, 0.4) is 0 Å². The van der Waals surface area contributed by atoms with Crippen LogP contribution in [0.5, 0.6) is 0 Å². The van der Waals surface area contributed by atoms with Crippen molar-refractivity contribution in [3.8, 4) is 0 Å². The van der Waals surface area contributed by atoms with Crippen molar-refractivity contribution in [1.29, 1.82) is 0 Å². The molecular weight excluding hydrogens is 228 g/mol. The van der Waals surface area contributed by atoms with Gasteiger partial charge in [-0.15, -0.1) is 0 Å². The largest absolute Gasteiger partial charge is 0.355 e. The number of benzene rings is 1. The molecule has 0 heterocycles. The Morgan fingerprint density at radius 3 is 2.39 bits per heavy atom. The second kappa shape index (κ2) is 5.21. The minimum absolute atomic E-state index is 0.0996. The Morgan fingerprint density at radius 2 is 1.89 bits per heavy atom. The molecule has 2 unspecified atom stereocenters. The fourth-order valence-electron chi connectivity index (χ4n) is 1.93. The van der Waals surface area contributed by atoms with Gasteiger partial charge >= 0.3 is 0 Å². The van der Waals surface area contributed by atoms with Gasteiger partial charge in [0.2, 0.25) is 5.91 Å². The zero-order valence-electron chi connectivity index (χ0n) is 10.7. The molecule has 96 valence electrons. The second-order valence-corrected chi connectivity index (χ2v) is 4.81. The van der Waals surface area contributed by atoms with Crippen molar-refractivity contribution < 1.29 is 9.59 Å². The van der Waals surface area contributed by atoms with Crippen molar-refractivity contribution in [1.82, 2.24) is 10.6 Å². The van der Waals surface area contributed by atoms with Crippen molar-refractivity contribution in [2.45, 2.75) is 19.9 Å². The maximum Gasteiger partial charge on any atom is 0.251 e. The highest BCUT2D eigenvalue weighted by Crippen LogP contribution is 2.37. The van der Waals surface area contributed by atoms with Crippen molar-refractivity contribution in [2.24, 2.45) is 11.8 Å². The maximum atomic E-state index is 11.6. The van der Waals surface area contributed by atoms with Crippen molar-refractivity contribution in [2.75, 3.05) is 7.05 Å². The summed E-state index contributed by atoms with van der Waals surface area (Å²) in [5.41, 5.74) is 1.63. The van der Waals surface area contributed by atoms with E-state index in [0.29, 0.717) is 18.0 Å². The summed E-state index contributed by atoms with van der Waals surface area (Å²) in [7, 11) is 1.60. The summed E-state index contributed by atoms with van der Waals surface area (Å²) in [5, 5.41) is 5.48. The zero-order chi connectivity index (χ0) is 13.1. The third-order valence-electron chi connectivity index (χ3n) is 3.36. The normalized spacial score (nSPS) is 21.2. The molecule has 4 nitrogen and oxygen atoms in total. The molecule has 18 heavy (non-hydrogen) atoms. The van der Waals surface area contributed by atoms with E-state index >= 15 is 0 Å². The van der Waals surface area contributed by atoms with Gasteiger partial charge in [0.15, 0.2) is 0 Å².